The molecule has 0 N–H and O–H groups in total. The minimum Gasteiger partial charge on any atom is -0.462 e. The molecule has 4 atom stereocenters. The van der Waals surface area contributed by atoms with Crippen LogP contribution in [0.2, 0.25) is 0 Å². The van der Waals surface area contributed by atoms with Crippen molar-refractivity contribution < 1.29 is 23.9 Å². The second-order valence-corrected chi connectivity index (χ2v) is 8.13. The number of ketones is 1. The number of ether oxygens (including phenoxy) is 2. The lowest BCUT2D eigenvalue weighted by atomic mass is 9.91. The fourth-order valence-electron chi connectivity index (χ4n) is 4.06. The molecule has 5 nitrogen and oxygen atoms in total. The number of allylic oxidation sites excluding steroid dienone is 1. The predicted octanol–water partition coefficient (Wildman–Crippen LogP) is 4.12. The lowest BCUT2D eigenvalue weighted by Gasteiger charge is -2.20. The van der Waals surface area contributed by atoms with Gasteiger partial charge in [-0.05, 0) is 30.5 Å². The van der Waals surface area contributed by atoms with Crippen LogP contribution >= 0.6 is 0 Å². The van der Waals surface area contributed by atoms with Gasteiger partial charge in [0.1, 0.15) is 12.2 Å². The molecule has 0 aromatic heterocycles. The number of carbonyl (C=O) groups is 3. The van der Waals surface area contributed by atoms with Crippen molar-refractivity contribution in [3.63, 3.8) is 0 Å². The quantitative estimate of drug-likeness (QED) is 0.498. The Morgan fingerprint density at radius 1 is 1.25 bits per heavy atom. The molecule has 1 aliphatic carbocycles. The third-order valence-corrected chi connectivity index (χ3v) is 5.53. The highest BCUT2D eigenvalue weighted by molar-refractivity contribution is 5.90. The van der Waals surface area contributed by atoms with Crippen molar-refractivity contribution in [3.8, 4) is 0 Å². The highest BCUT2D eigenvalue weighted by Crippen LogP contribution is 2.43. The van der Waals surface area contributed by atoms with Gasteiger partial charge >= 0.3 is 11.9 Å². The van der Waals surface area contributed by atoms with Crippen LogP contribution < -0.4 is 0 Å². The highest BCUT2D eigenvalue weighted by atomic mass is 16.6. The van der Waals surface area contributed by atoms with Crippen LogP contribution in [0.1, 0.15) is 56.3 Å². The number of benzene rings is 1. The molecule has 1 heterocycles. The molecular weight excluding hydrogens is 356 g/mol. The average molecular weight is 384 g/mol. The molecule has 2 fully saturated rings. The summed E-state index contributed by atoms with van der Waals surface area (Å²) < 4.78 is 11.1. The molecule has 4 unspecified atom stereocenters. The maximum Gasteiger partial charge on any atom is 0.338 e. The summed E-state index contributed by atoms with van der Waals surface area (Å²) in [6.07, 6.45) is 5.97. The van der Waals surface area contributed by atoms with Crippen molar-refractivity contribution in [2.24, 2.45) is 17.8 Å². The van der Waals surface area contributed by atoms with Gasteiger partial charge in [-0.25, -0.2) is 4.79 Å². The summed E-state index contributed by atoms with van der Waals surface area (Å²) in [6, 6.07) is 8.83. The third-order valence-electron chi connectivity index (χ3n) is 5.53. The van der Waals surface area contributed by atoms with E-state index in [9.17, 15) is 14.4 Å². The Morgan fingerprint density at radius 2 is 2.00 bits per heavy atom. The predicted molar refractivity (Wildman–Crippen MR) is 105 cm³/mol. The van der Waals surface area contributed by atoms with Crippen molar-refractivity contribution in [3.05, 3.63) is 48.0 Å². The van der Waals surface area contributed by atoms with Gasteiger partial charge in [0.05, 0.1) is 12.0 Å². The molecule has 0 amide bonds. The van der Waals surface area contributed by atoms with Crippen molar-refractivity contribution >= 4 is 17.7 Å². The SMILES string of the molecule is CC(C)CCCC(=O)/C=C/C1C(OC(=O)c2ccccc2)CC2OC(=O)CC21. The standard InChI is InChI=1S/C23H28O5/c1-15(2)7-6-10-17(24)11-12-18-19-13-22(25)27-21(19)14-20(18)28-23(26)16-8-4-3-5-9-16/h3-5,8-9,11-12,15,18-21H,6-7,10,13-14H2,1-2H3/b12-11+. The van der Waals surface area contributed by atoms with Crippen molar-refractivity contribution in [1.82, 2.24) is 0 Å². The van der Waals surface area contributed by atoms with Crippen LogP contribution in [0.4, 0.5) is 0 Å². The molecule has 1 aliphatic heterocycles. The largest absolute Gasteiger partial charge is 0.462 e. The molecule has 1 aromatic rings. The van der Waals surface area contributed by atoms with Crippen LogP contribution in [0.5, 0.6) is 0 Å². The molecule has 2 aliphatic rings. The monoisotopic (exact) mass is 384 g/mol. The Balaban J connectivity index is 1.65. The molecule has 0 spiro atoms. The van der Waals surface area contributed by atoms with E-state index in [1.165, 1.54) is 0 Å². The first kappa shape index (κ1) is 20.3. The Labute approximate surface area is 166 Å². The van der Waals surface area contributed by atoms with E-state index in [1.807, 2.05) is 12.1 Å². The molecule has 1 aromatic carbocycles. The Kier molecular flexibility index (Phi) is 6.65. The van der Waals surface area contributed by atoms with E-state index in [1.54, 1.807) is 30.3 Å². The topological polar surface area (TPSA) is 69.7 Å². The number of hydrogen-bond acceptors (Lipinski definition) is 5. The third kappa shape index (κ3) is 5.09. The molecule has 5 heteroatoms. The normalized spacial score (nSPS) is 26.5. The number of fused-ring (bicyclic) bond motifs is 1. The summed E-state index contributed by atoms with van der Waals surface area (Å²) in [5.41, 5.74) is 0.490. The summed E-state index contributed by atoms with van der Waals surface area (Å²) in [5.74, 6) is -0.180. The van der Waals surface area contributed by atoms with E-state index in [0.29, 0.717) is 30.7 Å². The van der Waals surface area contributed by atoms with Crippen molar-refractivity contribution in [2.75, 3.05) is 0 Å². The second kappa shape index (κ2) is 9.18. The minimum atomic E-state index is -0.393. The molecule has 150 valence electrons. The van der Waals surface area contributed by atoms with Gasteiger partial charge in [-0.3, -0.25) is 9.59 Å². The zero-order valence-electron chi connectivity index (χ0n) is 16.5. The van der Waals surface area contributed by atoms with E-state index in [-0.39, 0.29) is 29.7 Å². The Bertz CT molecular complexity index is 737. The summed E-state index contributed by atoms with van der Waals surface area (Å²) in [6.45, 7) is 4.28. The van der Waals surface area contributed by atoms with E-state index in [4.69, 9.17) is 9.47 Å². The summed E-state index contributed by atoms with van der Waals surface area (Å²) in [7, 11) is 0. The molecule has 3 rings (SSSR count). The first-order chi connectivity index (χ1) is 13.4. The molecule has 0 radical (unpaired) electrons. The van der Waals surface area contributed by atoms with Crippen LogP contribution in [0, 0.1) is 17.8 Å². The molecular formula is C23H28O5. The molecule has 28 heavy (non-hydrogen) atoms. The van der Waals surface area contributed by atoms with E-state index >= 15 is 0 Å². The van der Waals surface area contributed by atoms with Gasteiger partial charge < -0.3 is 9.47 Å². The number of esters is 2. The Morgan fingerprint density at radius 3 is 2.71 bits per heavy atom. The molecule has 1 saturated heterocycles. The van der Waals surface area contributed by atoms with E-state index in [2.05, 4.69) is 13.8 Å². The van der Waals surface area contributed by atoms with Crippen LogP contribution in [-0.2, 0) is 19.1 Å². The summed E-state index contributed by atoms with van der Waals surface area (Å²) >= 11 is 0. The maximum absolute atomic E-state index is 12.5. The van der Waals surface area contributed by atoms with Gasteiger partial charge in [0.15, 0.2) is 5.78 Å². The highest BCUT2D eigenvalue weighted by Gasteiger charge is 2.50. The van der Waals surface area contributed by atoms with Crippen molar-refractivity contribution in [1.29, 1.82) is 0 Å². The number of rotatable bonds is 8. The van der Waals surface area contributed by atoms with Gasteiger partial charge in [0.2, 0.25) is 0 Å². The summed E-state index contributed by atoms with van der Waals surface area (Å²) in [5, 5.41) is 0. The number of hydrogen-bond donors (Lipinski definition) is 0. The lowest BCUT2D eigenvalue weighted by Crippen LogP contribution is -2.24. The van der Waals surface area contributed by atoms with Crippen LogP contribution in [-0.4, -0.2) is 29.9 Å². The lowest BCUT2D eigenvalue weighted by molar-refractivity contribution is -0.141. The smallest absolute Gasteiger partial charge is 0.338 e. The average Bonchev–Trinajstić information content (AvgIpc) is 3.16. The molecule has 0 bridgehead atoms. The first-order valence-corrected chi connectivity index (χ1v) is 10.1. The number of carbonyl (C=O) groups excluding carboxylic acids is 3. The second-order valence-electron chi connectivity index (χ2n) is 8.13. The van der Waals surface area contributed by atoms with Crippen LogP contribution in [0.3, 0.4) is 0 Å². The zero-order chi connectivity index (χ0) is 20.1. The maximum atomic E-state index is 12.5. The van der Waals surface area contributed by atoms with Crippen molar-refractivity contribution in [2.45, 2.75) is 58.2 Å². The first-order valence-electron chi connectivity index (χ1n) is 10.1. The van der Waals surface area contributed by atoms with E-state index in [0.717, 1.165) is 12.8 Å². The molecule has 1 saturated carbocycles. The van der Waals surface area contributed by atoms with Crippen LogP contribution in [0.25, 0.3) is 0 Å². The van der Waals surface area contributed by atoms with Crippen LogP contribution in [0.15, 0.2) is 42.5 Å². The fraction of sp³-hybridized carbons (Fsp3) is 0.522. The Hall–Kier alpha value is -2.43. The minimum absolute atomic E-state index is 0.0409. The van der Waals surface area contributed by atoms with Gasteiger partial charge in [0.25, 0.3) is 0 Å². The fourth-order valence-corrected chi connectivity index (χ4v) is 4.06. The van der Waals surface area contributed by atoms with E-state index < -0.39 is 12.1 Å². The van der Waals surface area contributed by atoms with Gasteiger partial charge in [-0.2, -0.15) is 0 Å². The van der Waals surface area contributed by atoms with Gasteiger partial charge in [0, 0.05) is 24.7 Å². The van der Waals surface area contributed by atoms with Gasteiger partial charge in [-0.1, -0.05) is 44.5 Å². The van der Waals surface area contributed by atoms with Gasteiger partial charge in [-0.15, -0.1) is 0 Å². The summed E-state index contributed by atoms with van der Waals surface area (Å²) in [4.78, 5) is 36.3. The zero-order valence-corrected chi connectivity index (χ0v) is 16.5.